The van der Waals surface area contributed by atoms with Gasteiger partial charge in [-0.1, -0.05) is 35.9 Å². The predicted octanol–water partition coefficient (Wildman–Crippen LogP) is 4.69. The molecule has 0 aromatic heterocycles. The van der Waals surface area contributed by atoms with Crippen LogP contribution in [0, 0.1) is 18.6 Å². The zero-order chi connectivity index (χ0) is 14.7. The van der Waals surface area contributed by atoms with Crippen LogP contribution in [0.4, 0.5) is 8.78 Å². The molecule has 0 spiro atoms. The van der Waals surface area contributed by atoms with E-state index in [9.17, 15) is 8.78 Å². The van der Waals surface area contributed by atoms with E-state index in [4.69, 9.17) is 0 Å². The number of aryl methyl sites for hydroxylation is 1. The molecule has 0 aliphatic carbocycles. The summed E-state index contributed by atoms with van der Waals surface area (Å²) in [5.41, 5.74) is 2.82. The zero-order valence-corrected chi connectivity index (χ0v) is 12.0. The van der Waals surface area contributed by atoms with E-state index < -0.39 is 11.6 Å². The molecule has 2 rings (SSSR count). The smallest absolute Gasteiger partial charge is 0.130 e. The molecule has 1 nitrogen and oxygen atoms in total. The lowest BCUT2D eigenvalue weighted by Gasteiger charge is -2.21. The van der Waals surface area contributed by atoms with Crippen LogP contribution in [0.2, 0.25) is 0 Å². The molecule has 3 heteroatoms. The Morgan fingerprint density at radius 2 is 1.70 bits per heavy atom. The van der Waals surface area contributed by atoms with Crippen molar-refractivity contribution >= 4 is 0 Å². The number of hydrogen-bond donors (Lipinski definition) is 1. The fourth-order valence-electron chi connectivity index (χ4n) is 2.35. The molecule has 0 aliphatic rings. The molecule has 1 unspecified atom stereocenters. The Bertz CT molecular complexity index is 595. The lowest BCUT2D eigenvalue weighted by Crippen LogP contribution is -2.23. The maximum Gasteiger partial charge on any atom is 0.130 e. The van der Waals surface area contributed by atoms with Gasteiger partial charge in [0, 0.05) is 23.7 Å². The van der Waals surface area contributed by atoms with Crippen molar-refractivity contribution in [2.75, 3.05) is 0 Å². The number of halogens is 2. The molecule has 1 N–H and O–H groups in total. The second-order valence-corrected chi connectivity index (χ2v) is 5.19. The third-order valence-corrected chi connectivity index (χ3v) is 3.47. The summed E-state index contributed by atoms with van der Waals surface area (Å²) in [4.78, 5) is 0. The van der Waals surface area contributed by atoms with Gasteiger partial charge in [-0.15, -0.1) is 0 Å². The number of hydrogen-bond acceptors (Lipinski definition) is 1. The fraction of sp³-hybridized carbons (Fsp3) is 0.294. The van der Waals surface area contributed by atoms with Crippen LogP contribution in [0.15, 0.2) is 42.5 Å². The molecule has 0 saturated carbocycles. The maximum atomic E-state index is 13.7. The highest BCUT2D eigenvalue weighted by molar-refractivity contribution is 5.26. The minimum atomic E-state index is -0.551. The molecule has 106 valence electrons. The number of benzene rings is 2. The molecule has 0 heterocycles. The Labute approximate surface area is 118 Å². The van der Waals surface area contributed by atoms with E-state index in [0.29, 0.717) is 5.56 Å². The molecule has 0 aliphatic heterocycles. The van der Waals surface area contributed by atoms with E-state index in [1.54, 1.807) is 0 Å². The first-order valence-corrected chi connectivity index (χ1v) is 6.75. The summed E-state index contributed by atoms with van der Waals surface area (Å²) in [5, 5.41) is 3.34. The van der Waals surface area contributed by atoms with Crippen molar-refractivity contribution < 1.29 is 8.78 Å². The molecular weight excluding hydrogens is 256 g/mol. The molecule has 0 saturated heterocycles. The lowest BCUT2D eigenvalue weighted by molar-refractivity contribution is 0.470. The van der Waals surface area contributed by atoms with Crippen molar-refractivity contribution in [2.45, 2.75) is 32.9 Å². The first-order valence-electron chi connectivity index (χ1n) is 6.75. The van der Waals surface area contributed by atoms with Gasteiger partial charge in [0.15, 0.2) is 0 Å². The standard InChI is InChI=1S/C17H19F2N/c1-11-5-4-6-14(9-11)12(2)20-13(3)16-8-7-15(18)10-17(16)19/h4-10,12-13,20H,1-3H3/t12-,13?/m0/s1. The molecule has 20 heavy (non-hydrogen) atoms. The molecule has 0 amide bonds. The average Bonchev–Trinajstić information content (AvgIpc) is 2.38. The second kappa shape index (κ2) is 6.14. The molecule has 0 bridgehead atoms. The molecule has 0 radical (unpaired) electrons. The number of rotatable bonds is 4. The van der Waals surface area contributed by atoms with Crippen LogP contribution in [0.25, 0.3) is 0 Å². The van der Waals surface area contributed by atoms with Crippen LogP contribution in [-0.4, -0.2) is 0 Å². The average molecular weight is 275 g/mol. The molecule has 2 aromatic carbocycles. The van der Waals surface area contributed by atoms with E-state index in [2.05, 4.69) is 11.4 Å². The fourth-order valence-corrected chi connectivity index (χ4v) is 2.35. The van der Waals surface area contributed by atoms with Gasteiger partial charge in [0.2, 0.25) is 0 Å². The Morgan fingerprint density at radius 1 is 0.950 bits per heavy atom. The zero-order valence-electron chi connectivity index (χ0n) is 12.0. The van der Waals surface area contributed by atoms with Gasteiger partial charge in [0.05, 0.1) is 0 Å². The van der Waals surface area contributed by atoms with Crippen LogP contribution in [-0.2, 0) is 0 Å². The Hall–Kier alpha value is -1.74. The quantitative estimate of drug-likeness (QED) is 0.854. The van der Waals surface area contributed by atoms with Gasteiger partial charge in [-0.3, -0.25) is 0 Å². The van der Waals surface area contributed by atoms with Crippen LogP contribution >= 0.6 is 0 Å². The second-order valence-electron chi connectivity index (χ2n) is 5.19. The van der Waals surface area contributed by atoms with Crippen LogP contribution in [0.1, 0.15) is 42.6 Å². The van der Waals surface area contributed by atoms with E-state index in [1.165, 1.54) is 17.7 Å². The van der Waals surface area contributed by atoms with Gasteiger partial charge in [-0.05, 0) is 32.4 Å². The van der Waals surface area contributed by atoms with Gasteiger partial charge >= 0.3 is 0 Å². The lowest BCUT2D eigenvalue weighted by atomic mass is 10.0. The van der Waals surface area contributed by atoms with Gasteiger partial charge in [-0.2, -0.15) is 0 Å². The third kappa shape index (κ3) is 3.42. The topological polar surface area (TPSA) is 12.0 Å². The van der Waals surface area contributed by atoms with E-state index >= 15 is 0 Å². The van der Waals surface area contributed by atoms with Crippen molar-refractivity contribution in [3.63, 3.8) is 0 Å². The normalized spacial score (nSPS) is 14.1. The van der Waals surface area contributed by atoms with Gasteiger partial charge in [0.25, 0.3) is 0 Å². The highest BCUT2D eigenvalue weighted by atomic mass is 19.1. The van der Waals surface area contributed by atoms with Crippen LogP contribution < -0.4 is 5.32 Å². The SMILES string of the molecule is Cc1cccc([C@H](C)NC(C)c2ccc(F)cc2F)c1. The van der Waals surface area contributed by atoms with Gasteiger partial charge < -0.3 is 5.32 Å². The molecule has 0 fully saturated rings. The molecule has 2 aromatic rings. The first-order chi connectivity index (χ1) is 9.47. The molecular formula is C17H19F2N. The van der Waals surface area contributed by atoms with E-state index in [1.807, 2.05) is 39.0 Å². The van der Waals surface area contributed by atoms with Gasteiger partial charge in [0.1, 0.15) is 11.6 Å². The third-order valence-electron chi connectivity index (χ3n) is 3.47. The van der Waals surface area contributed by atoms with Gasteiger partial charge in [-0.25, -0.2) is 8.78 Å². The largest absolute Gasteiger partial charge is 0.304 e. The number of nitrogens with one attached hydrogen (secondary N) is 1. The van der Waals surface area contributed by atoms with E-state index in [-0.39, 0.29) is 12.1 Å². The summed E-state index contributed by atoms with van der Waals surface area (Å²) in [7, 11) is 0. The van der Waals surface area contributed by atoms with Crippen molar-refractivity contribution in [3.05, 3.63) is 70.8 Å². The van der Waals surface area contributed by atoms with Crippen molar-refractivity contribution in [2.24, 2.45) is 0 Å². The first kappa shape index (κ1) is 14.7. The summed E-state index contributed by atoms with van der Waals surface area (Å²) in [6, 6.07) is 11.8. The Kier molecular flexibility index (Phi) is 4.50. The van der Waals surface area contributed by atoms with Crippen LogP contribution in [0.5, 0.6) is 0 Å². The van der Waals surface area contributed by atoms with Crippen molar-refractivity contribution in [3.8, 4) is 0 Å². The Balaban J connectivity index is 2.12. The summed E-state index contributed by atoms with van der Waals surface area (Å²) >= 11 is 0. The summed E-state index contributed by atoms with van der Waals surface area (Å²) in [5.74, 6) is -1.06. The summed E-state index contributed by atoms with van der Waals surface area (Å²) < 4.78 is 26.7. The maximum absolute atomic E-state index is 13.7. The van der Waals surface area contributed by atoms with E-state index in [0.717, 1.165) is 11.6 Å². The monoisotopic (exact) mass is 275 g/mol. The predicted molar refractivity (Wildman–Crippen MR) is 77.5 cm³/mol. The minimum Gasteiger partial charge on any atom is -0.304 e. The van der Waals surface area contributed by atoms with Crippen LogP contribution in [0.3, 0.4) is 0 Å². The molecule has 2 atom stereocenters. The van der Waals surface area contributed by atoms with Crippen molar-refractivity contribution in [1.29, 1.82) is 0 Å². The Morgan fingerprint density at radius 3 is 2.35 bits per heavy atom. The summed E-state index contributed by atoms with van der Waals surface area (Å²) in [6.07, 6.45) is 0. The minimum absolute atomic E-state index is 0.0920. The highest BCUT2D eigenvalue weighted by Crippen LogP contribution is 2.22. The summed E-state index contributed by atoms with van der Waals surface area (Å²) in [6.45, 7) is 5.95. The highest BCUT2D eigenvalue weighted by Gasteiger charge is 2.15. The van der Waals surface area contributed by atoms with Crippen molar-refractivity contribution in [1.82, 2.24) is 5.32 Å².